The highest BCUT2D eigenvalue weighted by atomic mass is 32.2. The number of thioether (sulfide) groups is 1. The summed E-state index contributed by atoms with van der Waals surface area (Å²) in [7, 11) is 0. The zero-order chi connectivity index (χ0) is 14.0. The van der Waals surface area contributed by atoms with Gasteiger partial charge in [-0.3, -0.25) is 4.79 Å². The second kappa shape index (κ2) is 6.04. The highest BCUT2D eigenvalue weighted by molar-refractivity contribution is 8.00. The van der Waals surface area contributed by atoms with Crippen molar-refractivity contribution in [3.63, 3.8) is 0 Å². The van der Waals surface area contributed by atoms with Crippen LogP contribution in [0.3, 0.4) is 0 Å². The summed E-state index contributed by atoms with van der Waals surface area (Å²) in [5, 5.41) is 1.09. The third-order valence-corrected chi connectivity index (χ3v) is 6.01. The molecule has 0 aromatic carbocycles. The van der Waals surface area contributed by atoms with Crippen molar-refractivity contribution in [3.05, 3.63) is 0 Å². The third-order valence-electron chi connectivity index (χ3n) is 4.78. The van der Waals surface area contributed by atoms with E-state index in [0.717, 1.165) is 44.7 Å². The number of hydrogen-bond acceptors (Lipinski definition) is 3. The molecule has 19 heavy (non-hydrogen) atoms. The standard InChI is InChI=1S/C15H28N2OS/c1-11-4-6-15(10-16,7-5-11)14(18)17-8-12(2)19-13(3)9-17/h11-13H,4-10,16H2,1-3H3. The molecule has 2 atom stereocenters. The van der Waals surface area contributed by atoms with E-state index in [1.807, 2.05) is 11.8 Å². The molecule has 2 fully saturated rings. The van der Waals surface area contributed by atoms with Gasteiger partial charge in [0.25, 0.3) is 0 Å². The minimum atomic E-state index is -0.256. The number of hydrogen-bond donors (Lipinski definition) is 1. The van der Waals surface area contributed by atoms with Gasteiger partial charge in [-0.05, 0) is 31.6 Å². The van der Waals surface area contributed by atoms with Crippen molar-refractivity contribution in [3.8, 4) is 0 Å². The van der Waals surface area contributed by atoms with Crippen molar-refractivity contribution in [1.29, 1.82) is 0 Å². The second-order valence-corrected chi connectivity index (χ2v) is 8.52. The zero-order valence-corrected chi connectivity index (χ0v) is 13.3. The number of nitrogens with two attached hydrogens (primary N) is 1. The molecule has 4 heteroatoms. The van der Waals surface area contributed by atoms with E-state index >= 15 is 0 Å². The molecular formula is C15H28N2OS. The van der Waals surface area contributed by atoms with Gasteiger partial charge in [-0.2, -0.15) is 11.8 Å². The smallest absolute Gasteiger partial charge is 0.230 e. The van der Waals surface area contributed by atoms with Gasteiger partial charge in [0.2, 0.25) is 5.91 Å². The Kier molecular flexibility index (Phi) is 4.83. The molecule has 2 aliphatic rings. The van der Waals surface area contributed by atoms with Gasteiger partial charge >= 0.3 is 0 Å². The molecule has 1 aliphatic heterocycles. The molecular weight excluding hydrogens is 256 g/mol. The lowest BCUT2D eigenvalue weighted by Gasteiger charge is -2.43. The lowest BCUT2D eigenvalue weighted by atomic mass is 9.70. The van der Waals surface area contributed by atoms with Gasteiger partial charge < -0.3 is 10.6 Å². The number of carbonyl (C=O) groups is 1. The maximum Gasteiger partial charge on any atom is 0.230 e. The van der Waals surface area contributed by atoms with Gasteiger partial charge in [0.05, 0.1) is 5.41 Å². The van der Waals surface area contributed by atoms with Crippen molar-refractivity contribution in [2.45, 2.75) is 57.0 Å². The number of amides is 1. The molecule has 1 amide bonds. The number of nitrogens with zero attached hydrogens (tertiary/aromatic N) is 1. The van der Waals surface area contributed by atoms with Crippen LogP contribution < -0.4 is 5.73 Å². The van der Waals surface area contributed by atoms with Crippen molar-refractivity contribution in [1.82, 2.24) is 4.90 Å². The van der Waals surface area contributed by atoms with E-state index in [0.29, 0.717) is 23.0 Å². The van der Waals surface area contributed by atoms with Crippen LogP contribution in [0.2, 0.25) is 0 Å². The van der Waals surface area contributed by atoms with E-state index in [1.165, 1.54) is 0 Å². The average Bonchev–Trinajstić information content (AvgIpc) is 2.38. The molecule has 1 saturated heterocycles. The molecule has 2 rings (SSSR count). The average molecular weight is 284 g/mol. The third kappa shape index (κ3) is 3.27. The van der Waals surface area contributed by atoms with Crippen LogP contribution in [-0.2, 0) is 4.79 Å². The summed E-state index contributed by atoms with van der Waals surface area (Å²) < 4.78 is 0. The molecule has 110 valence electrons. The van der Waals surface area contributed by atoms with Gasteiger partial charge in [-0.25, -0.2) is 0 Å². The van der Waals surface area contributed by atoms with E-state index in [-0.39, 0.29) is 5.41 Å². The summed E-state index contributed by atoms with van der Waals surface area (Å²) in [5.74, 6) is 1.09. The monoisotopic (exact) mass is 284 g/mol. The second-order valence-electron chi connectivity index (χ2n) is 6.63. The Hall–Kier alpha value is -0.220. The van der Waals surface area contributed by atoms with Crippen LogP contribution in [0, 0.1) is 11.3 Å². The van der Waals surface area contributed by atoms with E-state index in [4.69, 9.17) is 5.73 Å². The van der Waals surface area contributed by atoms with Crippen molar-refractivity contribution < 1.29 is 4.79 Å². The molecule has 0 aromatic rings. The Morgan fingerprint density at radius 1 is 1.21 bits per heavy atom. The van der Waals surface area contributed by atoms with Gasteiger partial charge in [0, 0.05) is 30.1 Å². The summed E-state index contributed by atoms with van der Waals surface area (Å²) in [6, 6.07) is 0. The maximum absolute atomic E-state index is 12.9. The summed E-state index contributed by atoms with van der Waals surface area (Å²) in [6.45, 7) is 9.03. The molecule has 2 N–H and O–H groups in total. The highest BCUT2D eigenvalue weighted by Gasteiger charge is 2.43. The SMILES string of the molecule is CC1CCC(CN)(C(=O)N2CC(C)SC(C)C2)CC1. The quantitative estimate of drug-likeness (QED) is 0.847. The molecule has 1 aliphatic carbocycles. The summed E-state index contributed by atoms with van der Waals surface area (Å²) in [6.07, 6.45) is 4.26. The summed E-state index contributed by atoms with van der Waals surface area (Å²) >= 11 is 1.99. The zero-order valence-electron chi connectivity index (χ0n) is 12.5. The lowest BCUT2D eigenvalue weighted by Crippen LogP contribution is -2.54. The van der Waals surface area contributed by atoms with Crippen LogP contribution in [0.15, 0.2) is 0 Å². The van der Waals surface area contributed by atoms with Crippen LogP contribution in [0.25, 0.3) is 0 Å². The predicted molar refractivity (Wildman–Crippen MR) is 82.2 cm³/mol. The number of rotatable bonds is 2. The first kappa shape index (κ1) is 15.2. The van der Waals surface area contributed by atoms with Crippen LogP contribution in [-0.4, -0.2) is 40.9 Å². The van der Waals surface area contributed by atoms with Gasteiger partial charge in [-0.1, -0.05) is 20.8 Å². The van der Waals surface area contributed by atoms with Gasteiger partial charge in [0.15, 0.2) is 0 Å². The van der Waals surface area contributed by atoms with Crippen LogP contribution >= 0.6 is 11.8 Å². The largest absolute Gasteiger partial charge is 0.340 e. The predicted octanol–water partition coefficient (Wildman–Crippen LogP) is 2.49. The van der Waals surface area contributed by atoms with Crippen LogP contribution in [0.1, 0.15) is 46.5 Å². The summed E-state index contributed by atoms with van der Waals surface area (Å²) in [5.41, 5.74) is 5.75. The minimum Gasteiger partial charge on any atom is -0.340 e. The van der Waals surface area contributed by atoms with Crippen LogP contribution in [0.5, 0.6) is 0 Å². The first-order chi connectivity index (χ1) is 8.97. The molecule has 3 nitrogen and oxygen atoms in total. The molecule has 0 spiro atoms. The molecule has 1 heterocycles. The molecule has 0 aromatic heterocycles. The van der Waals surface area contributed by atoms with Crippen molar-refractivity contribution in [2.24, 2.45) is 17.1 Å². The lowest BCUT2D eigenvalue weighted by molar-refractivity contribution is -0.144. The Morgan fingerprint density at radius 2 is 1.74 bits per heavy atom. The normalized spacial score (nSPS) is 40.2. The molecule has 2 unspecified atom stereocenters. The topological polar surface area (TPSA) is 46.3 Å². The van der Waals surface area contributed by atoms with E-state index < -0.39 is 0 Å². The Bertz CT molecular complexity index is 316. The van der Waals surface area contributed by atoms with Crippen molar-refractivity contribution in [2.75, 3.05) is 19.6 Å². The van der Waals surface area contributed by atoms with Crippen LogP contribution in [0.4, 0.5) is 0 Å². The number of carbonyl (C=O) groups excluding carboxylic acids is 1. The fourth-order valence-corrected chi connectivity index (χ4v) is 4.82. The van der Waals surface area contributed by atoms with Gasteiger partial charge in [0.1, 0.15) is 0 Å². The van der Waals surface area contributed by atoms with E-state index in [2.05, 4.69) is 25.7 Å². The Morgan fingerprint density at radius 3 is 2.21 bits per heavy atom. The Labute approximate surface area is 121 Å². The van der Waals surface area contributed by atoms with E-state index in [1.54, 1.807) is 0 Å². The van der Waals surface area contributed by atoms with Crippen molar-refractivity contribution >= 4 is 17.7 Å². The summed E-state index contributed by atoms with van der Waals surface area (Å²) in [4.78, 5) is 15.0. The molecule has 0 bridgehead atoms. The fraction of sp³-hybridized carbons (Fsp3) is 0.933. The molecule has 1 saturated carbocycles. The van der Waals surface area contributed by atoms with Gasteiger partial charge in [-0.15, -0.1) is 0 Å². The molecule has 0 radical (unpaired) electrons. The van der Waals surface area contributed by atoms with E-state index in [9.17, 15) is 4.79 Å². The highest BCUT2D eigenvalue weighted by Crippen LogP contribution is 2.40. The Balaban J connectivity index is 2.08. The minimum absolute atomic E-state index is 0.256. The first-order valence-corrected chi connectivity index (χ1v) is 8.56. The maximum atomic E-state index is 12.9. The first-order valence-electron chi connectivity index (χ1n) is 7.62. The fourth-order valence-electron chi connectivity index (χ4n) is 3.50.